The van der Waals surface area contributed by atoms with E-state index in [-0.39, 0.29) is 16.5 Å². The molecular formula is C25H14ClFN2O4. The summed E-state index contributed by atoms with van der Waals surface area (Å²) in [5.41, 5.74) is 3.08. The van der Waals surface area contributed by atoms with Crippen LogP contribution in [0.15, 0.2) is 86.6 Å². The molecule has 0 saturated heterocycles. The Hall–Kier alpha value is -4.23. The lowest BCUT2D eigenvalue weighted by molar-refractivity contribution is 0.0697. The maximum Gasteiger partial charge on any atom is 0.335 e. The van der Waals surface area contributed by atoms with Gasteiger partial charge in [-0.15, -0.1) is 0 Å². The molecule has 5 rings (SSSR count). The zero-order valence-corrected chi connectivity index (χ0v) is 17.6. The summed E-state index contributed by atoms with van der Waals surface area (Å²) in [4.78, 5) is 20.0. The molecule has 2 aromatic heterocycles. The summed E-state index contributed by atoms with van der Waals surface area (Å²) in [6, 6.07) is 19.3. The van der Waals surface area contributed by atoms with Crippen molar-refractivity contribution in [3.05, 3.63) is 95.0 Å². The second-order valence-electron chi connectivity index (χ2n) is 7.14. The smallest absolute Gasteiger partial charge is 0.335 e. The SMILES string of the molecule is O=C(O)c1cccc(-c2ccc(C=Nc3ccc4oc(-c5ccc(F)cc5Cl)nc4c3)o2)c1. The van der Waals surface area contributed by atoms with Crippen molar-refractivity contribution < 1.29 is 23.1 Å². The minimum Gasteiger partial charge on any atom is -0.478 e. The first kappa shape index (κ1) is 20.7. The van der Waals surface area contributed by atoms with Gasteiger partial charge in [0.2, 0.25) is 5.89 Å². The number of fused-ring (bicyclic) bond motifs is 1. The van der Waals surface area contributed by atoms with E-state index in [4.69, 9.17) is 25.5 Å². The van der Waals surface area contributed by atoms with Gasteiger partial charge in [-0.25, -0.2) is 14.2 Å². The first-order valence-electron chi connectivity index (χ1n) is 9.80. The molecule has 5 aromatic rings. The monoisotopic (exact) mass is 460 g/mol. The maximum absolute atomic E-state index is 13.3. The largest absolute Gasteiger partial charge is 0.478 e. The molecular weight excluding hydrogens is 447 g/mol. The number of carbonyl (C=O) groups is 1. The molecule has 0 radical (unpaired) electrons. The highest BCUT2D eigenvalue weighted by molar-refractivity contribution is 6.33. The third-order valence-corrected chi connectivity index (χ3v) is 5.21. The number of nitrogens with zero attached hydrogens (tertiary/aromatic N) is 2. The molecule has 0 atom stereocenters. The number of aromatic nitrogens is 1. The average Bonchev–Trinajstić information content (AvgIpc) is 3.44. The van der Waals surface area contributed by atoms with Gasteiger partial charge in [0.15, 0.2) is 5.58 Å². The molecule has 2 heterocycles. The highest BCUT2D eigenvalue weighted by Crippen LogP contribution is 2.32. The van der Waals surface area contributed by atoms with E-state index < -0.39 is 11.8 Å². The number of hydrogen-bond donors (Lipinski definition) is 1. The Morgan fingerprint density at radius 1 is 1.03 bits per heavy atom. The molecule has 0 unspecified atom stereocenters. The molecule has 1 N–H and O–H groups in total. The maximum atomic E-state index is 13.3. The fraction of sp³-hybridized carbons (Fsp3) is 0. The van der Waals surface area contributed by atoms with E-state index in [1.165, 1.54) is 24.3 Å². The van der Waals surface area contributed by atoms with Crippen molar-refractivity contribution >= 4 is 40.6 Å². The molecule has 0 fully saturated rings. The molecule has 162 valence electrons. The van der Waals surface area contributed by atoms with E-state index in [1.807, 2.05) is 0 Å². The average molecular weight is 461 g/mol. The number of carboxylic acid groups (broad SMARTS) is 1. The number of carboxylic acids is 1. The van der Waals surface area contributed by atoms with Crippen LogP contribution in [0.3, 0.4) is 0 Å². The second-order valence-corrected chi connectivity index (χ2v) is 7.55. The molecule has 0 saturated carbocycles. The van der Waals surface area contributed by atoms with Gasteiger partial charge in [0.25, 0.3) is 0 Å². The molecule has 0 aliphatic carbocycles. The second kappa shape index (κ2) is 8.37. The van der Waals surface area contributed by atoms with Crippen LogP contribution in [0.1, 0.15) is 16.1 Å². The highest BCUT2D eigenvalue weighted by Gasteiger charge is 2.13. The minimum atomic E-state index is -1.00. The van der Waals surface area contributed by atoms with Gasteiger partial charge in [-0.1, -0.05) is 23.7 Å². The van der Waals surface area contributed by atoms with Crippen LogP contribution in [0.5, 0.6) is 0 Å². The first-order valence-corrected chi connectivity index (χ1v) is 10.2. The van der Waals surface area contributed by atoms with Crippen LogP contribution < -0.4 is 0 Å². The Balaban J connectivity index is 1.39. The van der Waals surface area contributed by atoms with E-state index in [0.29, 0.717) is 39.4 Å². The Morgan fingerprint density at radius 2 is 1.91 bits per heavy atom. The predicted octanol–water partition coefficient (Wildman–Crippen LogP) is 7.00. The summed E-state index contributed by atoms with van der Waals surface area (Å²) in [5.74, 6) is -0.113. The Labute approximate surface area is 191 Å². The highest BCUT2D eigenvalue weighted by atomic mass is 35.5. The van der Waals surface area contributed by atoms with Gasteiger partial charge in [-0.3, -0.25) is 4.99 Å². The van der Waals surface area contributed by atoms with Crippen molar-refractivity contribution in [1.82, 2.24) is 4.98 Å². The lowest BCUT2D eigenvalue weighted by Gasteiger charge is -1.99. The summed E-state index contributed by atoms with van der Waals surface area (Å²) in [6.45, 7) is 0. The third kappa shape index (κ3) is 4.26. The van der Waals surface area contributed by atoms with Crippen LogP contribution in [-0.2, 0) is 0 Å². The summed E-state index contributed by atoms with van der Waals surface area (Å²) < 4.78 is 24.8. The van der Waals surface area contributed by atoms with Crippen molar-refractivity contribution in [2.45, 2.75) is 0 Å². The number of aromatic carboxylic acids is 1. The normalized spacial score (nSPS) is 11.5. The lowest BCUT2D eigenvalue weighted by Crippen LogP contribution is -1.95. The molecule has 0 bridgehead atoms. The molecule has 0 aliphatic heterocycles. The van der Waals surface area contributed by atoms with E-state index in [0.717, 1.165) is 0 Å². The van der Waals surface area contributed by atoms with Gasteiger partial charge in [-0.05, 0) is 60.7 Å². The van der Waals surface area contributed by atoms with Crippen molar-refractivity contribution in [3.63, 3.8) is 0 Å². The van der Waals surface area contributed by atoms with Gasteiger partial charge in [0.05, 0.1) is 28.1 Å². The summed E-state index contributed by atoms with van der Waals surface area (Å²) in [6.07, 6.45) is 1.56. The van der Waals surface area contributed by atoms with E-state index in [1.54, 1.807) is 54.7 Å². The van der Waals surface area contributed by atoms with Crippen LogP contribution in [0.25, 0.3) is 33.9 Å². The van der Waals surface area contributed by atoms with Crippen molar-refractivity contribution in [2.75, 3.05) is 0 Å². The van der Waals surface area contributed by atoms with Gasteiger partial charge in [0, 0.05) is 5.56 Å². The molecule has 6 nitrogen and oxygen atoms in total. The van der Waals surface area contributed by atoms with Crippen LogP contribution in [0, 0.1) is 5.82 Å². The summed E-state index contributed by atoms with van der Waals surface area (Å²) >= 11 is 6.11. The van der Waals surface area contributed by atoms with Crippen molar-refractivity contribution in [3.8, 4) is 22.8 Å². The van der Waals surface area contributed by atoms with Crippen molar-refractivity contribution in [1.29, 1.82) is 0 Å². The zero-order valence-electron chi connectivity index (χ0n) is 16.8. The summed E-state index contributed by atoms with van der Waals surface area (Å²) in [7, 11) is 0. The molecule has 3 aromatic carbocycles. The summed E-state index contributed by atoms with van der Waals surface area (Å²) in [5, 5.41) is 9.36. The van der Waals surface area contributed by atoms with Gasteiger partial charge >= 0.3 is 5.97 Å². The molecule has 0 aliphatic rings. The number of benzene rings is 3. The standard InChI is InChI=1S/C25H14ClFN2O4/c26-20-11-16(27)4-7-19(20)24-29-21-12-17(5-8-23(21)33-24)28-13-18-6-9-22(32-18)14-2-1-3-15(10-14)25(30)31/h1-13H,(H,30,31). The molecule has 0 amide bonds. The van der Waals surface area contributed by atoms with Crippen LogP contribution in [-0.4, -0.2) is 22.3 Å². The van der Waals surface area contributed by atoms with Crippen LogP contribution >= 0.6 is 11.6 Å². The fourth-order valence-electron chi connectivity index (χ4n) is 3.30. The number of aliphatic imine (C=N–C) groups is 1. The quantitative estimate of drug-likeness (QED) is 0.285. The Kier molecular flexibility index (Phi) is 5.24. The zero-order chi connectivity index (χ0) is 22.9. The fourth-order valence-corrected chi connectivity index (χ4v) is 3.54. The van der Waals surface area contributed by atoms with Gasteiger partial charge in [0.1, 0.15) is 22.9 Å². The van der Waals surface area contributed by atoms with Crippen LogP contribution in [0.2, 0.25) is 5.02 Å². The number of halogens is 2. The van der Waals surface area contributed by atoms with Gasteiger partial charge < -0.3 is 13.9 Å². The minimum absolute atomic E-state index is 0.182. The van der Waals surface area contributed by atoms with E-state index in [9.17, 15) is 9.18 Å². The third-order valence-electron chi connectivity index (χ3n) is 4.89. The van der Waals surface area contributed by atoms with Crippen LogP contribution in [0.4, 0.5) is 10.1 Å². The molecule has 33 heavy (non-hydrogen) atoms. The Bertz CT molecular complexity index is 1540. The van der Waals surface area contributed by atoms with E-state index >= 15 is 0 Å². The van der Waals surface area contributed by atoms with Crippen molar-refractivity contribution in [2.24, 2.45) is 4.99 Å². The first-order chi connectivity index (χ1) is 16.0. The topological polar surface area (TPSA) is 88.8 Å². The van der Waals surface area contributed by atoms with E-state index in [2.05, 4.69) is 9.98 Å². The Morgan fingerprint density at radius 3 is 2.73 bits per heavy atom. The number of hydrogen-bond acceptors (Lipinski definition) is 5. The number of furan rings is 1. The number of rotatable bonds is 5. The number of oxazole rings is 1. The molecule has 0 spiro atoms. The van der Waals surface area contributed by atoms with Gasteiger partial charge in [-0.2, -0.15) is 0 Å². The lowest BCUT2D eigenvalue weighted by atomic mass is 10.1. The predicted molar refractivity (Wildman–Crippen MR) is 123 cm³/mol. The molecule has 8 heteroatoms.